The summed E-state index contributed by atoms with van der Waals surface area (Å²) < 4.78 is 0. The molecule has 16 heavy (non-hydrogen) atoms. The highest BCUT2D eigenvalue weighted by Crippen LogP contribution is 2.19. The molecule has 0 atom stereocenters. The third-order valence-corrected chi connectivity index (χ3v) is 3.90. The predicted octanol–water partition coefficient (Wildman–Crippen LogP) is 2.60. The summed E-state index contributed by atoms with van der Waals surface area (Å²) in [6.07, 6.45) is 2.81. The van der Waals surface area contributed by atoms with Crippen LogP contribution in [-0.4, -0.2) is 37.6 Å². The van der Waals surface area contributed by atoms with E-state index in [-0.39, 0.29) is 0 Å². The van der Waals surface area contributed by atoms with E-state index in [1.165, 1.54) is 39.0 Å². The molecule has 96 valence electrons. The number of hydrogen-bond acceptors (Lipinski definition) is 2. The molecule has 1 heterocycles. The summed E-state index contributed by atoms with van der Waals surface area (Å²) in [5.74, 6) is 2.40. The molecule has 1 rings (SSSR count). The fraction of sp³-hybridized carbons (Fsp3) is 1.00. The predicted molar refractivity (Wildman–Crippen MR) is 71.7 cm³/mol. The van der Waals surface area contributed by atoms with Crippen LogP contribution in [0.3, 0.4) is 0 Å². The Morgan fingerprint density at radius 2 is 1.56 bits per heavy atom. The highest BCUT2D eigenvalue weighted by atomic mass is 15.1. The van der Waals surface area contributed by atoms with Gasteiger partial charge in [-0.05, 0) is 50.2 Å². The zero-order valence-electron chi connectivity index (χ0n) is 11.6. The zero-order chi connectivity index (χ0) is 12.0. The van der Waals surface area contributed by atoms with Crippen LogP contribution in [0.5, 0.6) is 0 Å². The van der Waals surface area contributed by atoms with Crippen LogP contribution in [0.1, 0.15) is 40.5 Å². The molecule has 1 aliphatic heterocycles. The van der Waals surface area contributed by atoms with E-state index in [1.807, 2.05) is 0 Å². The first-order valence-corrected chi connectivity index (χ1v) is 7.04. The van der Waals surface area contributed by atoms with Crippen LogP contribution >= 0.6 is 0 Å². The van der Waals surface area contributed by atoms with Gasteiger partial charge in [0.25, 0.3) is 0 Å². The van der Waals surface area contributed by atoms with Crippen molar-refractivity contribution in [3.63, 3.8) is 0 Å². The zero-order valence-corrected chi connectivity index (χ0v) is 11.6. The lowest BCUT2D eigenvalue weighted by molar-refractivity contribution is 0.266. The SMILES string of the molecule is CC(C)C(CNCCN1CCCC1)C(C)C. The monoisotopic (exact) mass is 226 g/mol. The van der Waals surface area contributed by atoms with E-state index in [0.29, 0.717) is 0 Å². The van der Waals surface area contributed by atoms with Crippen LogP contribution in [0.15, 0.2) is 0 Å². The molecule has 0 aliphatic carbocycles. The van der Waals surface area contributed by atoms with Gasteiger partial charge in [-0.3, -0.25) is 0 Å². The van der Waals surface area contributed by atoms with Crippen molar-refractivity contribution >= 4 is 0 Å². The van der Waals surface area contributed by atoms with Gasteiger partial charge in [0.15, 0.2) is 0 Å². The molecule has 1 saturated heterocycles. The van der Waals surface area contributed by atoms with Crippen LogP contribution in [0.2, 0.25) is 0 Å². The summed E-state index contributed by atoms with van der Waals surface area (Å²) in [4.78, 5) is 2.58. The minimum atomic E-state index is 0.791. The molecule has 0 bridgehead atoms. The molecule has 1 fully saturated rings. The Hall–Kier alpha value is -0.0800. The van der Waals surface area contributed by atoms with Gasteiger partial charge in [-0.2, -0.15) is 0 Å². The first-order chi connectivity index (χ1) is 7.61. The van der Waals surface area contributed by atoms with E-state index in [1.54, 1.807) is 0 Å². The lowest BCUT2D eigenvalue weighted by Crippen LogP contribution is -2.35. The second-order valence-electron chi connectivity index (χ2n) is 5.90. The normalized spacial score (nSPS) is 18.2. The van der Waals surface area contributed by atoms with Gasteiger partial charge < -0.3 is 10.2 Å². The summed E-state index contributed by atoms with van der Waals surface area (Å²) in [7, 11) is 0. The fourth-order valence-corrected chi connectivity index (χ4v) is 2.75. The van der Waals surface area contributed by atoms with Crippen molar-refractivity contribution < 1.29 is 0 Å². The summed E-state index contributed by atoms with van der Waals surface area (Å²) in [6.45, 7) is 15.6. The van der Waals surface area contributed by atoms with Crippen molar-refractivity contribution in [2.24, 2.45) is 17.8 Å². The molecule has 0 saturated carbocycles. The van der Waals surface area contributed by atoms with E-state index in [9.17, 15) is 0 Å². The molecule has 1 aliphatic rings. The highest BCUT2D eigenvalue weighted by molar-refractivity contribution is 4.71. The number of nitrogens with zero attached hydrogens (tertiary/aromatic N) is 1. The molecule has 0 spiro atoms. The summed E-state index contributed by atoms with van der Waals surface area (Å²) in [5, 5.41) is 3.63. The summed E-state index contributed by atoms with van der Waals surface area (Å²) >= 11 is 0. The number of nitrogens with one attached hydrogen (secondary N) is 1. The van der Waals surface area contributed by atoms with E-state index < -0.39 is 0 Å². The van der Waals surface area contributed by atoms with Crippen LogP contribution in [0, 0.1) is 17.8 Å². The maximum atomic E-state index is 3.63. The minimum Gasteiger partial charge on any atom is -0.315 e. The molecule has 0 aromatic heterocycles. The quantitative estimate of drug-likeness (QED) is 0.671. The van der Waals surface area contributed by atoms with Crippen LogP contribution < -0.4 is 5.32 Å². The maximum absolute atomic E-state index is 3.63. The minimum absolute atomic E-state index is 0.791. The van der Waals surface area contributed by atoms with Gasteiger partial charge in [-0.25, -0.2) is 0 Å². The van der Waals surface area contributed by atoms with Crippen molar-refractivity contribution in [2.75, 3.05) is 32.7 Å². The van der Waals surface area contributed by atoms with Gasteiger partial charge in [0.2, 0.25) is 0 Å². The molecule has 0 aromatic rings. The molecular weight excluding hydrogens is 196 g/mol. The smallest absolute Gasteiger partial charge is 0.0107 e. The van der Waals surface area contributed by atoms with Crippen LogP contribution in [0.4, 0.5) is 0 Å². The Morgan fingerprint density at radius 1 is 1.00 bits per heavy atom. The maximum Gasteiger partial charge on any atom is 0.0107 e. The molecule has 0 radical (unpaired) electrons. The van der Waals surface area contributed by atoms with Gasteiger partial charge in [0.05, 0.1) is 0 Å². The van der Waals surface area contributed by atoms with E-state index >= 15 is 0 Å². The van der Waals surface area contributed by atoms with Crippen LogP contribution in [0.25, 0.3) is 0 Å². The first-order valence-electron chi connectivity index (χ1n) is 7.04. The Balaban J connectivity index is 2.08. The van der Waals surface area contributed by atoms with Crippen molar-refractivity contribution in [1.82, 2.24) is 10.2 Å². The number of rotatable bonds is 7. The van der Waals surface area contributed by atoms with E-state index in [2.05, 4.69) is 37.9 Å². The lowest BCUT2D eigenvalue weighted by Gasteiger charge is -2.25. The van der Waals surface area contributed by atoms with Gasteiger partial charge in [0.1, 0.15) is 0 Å². The molecule has 1 N–H and O–H groups in total. The standard InChI is InChI=1S/C14H30N2/c1-12(2)14(13(3)4)11-15-7-10-16-8-5-6-9-16/h12-15H,5-11H2,1-4H3. The molecule has 0 unspecified atom stereocenters. The molecule has 0 aromatic carbocycles. The third kappa shape index (κ3) is 4.84. The van der Waals surface area contributed by atoms with Gasteiger partial charge in [0, 0.05) is 13.1 Å². The van der Waals surface area contributed by atoms with E-state index in [4.69, 9.17) is 0 Å². The van der Waals surface area contributed by atoms with Crippen LogP contribution in [-0.2, 0) is 0 Å². The molecular formula is C14H30N2. The van der Waals surface area contributed by atoms with E-state index in [0.717, 1.165) is 24.3 Å². The second-order valence-corrected chi connectivity index (χ2v) is 5.90. The van der Waals surface area contributed by atoms with Gasteiger partial charge in [-0.1, -0.05) is 27.7 Å². The Labute approximate surface area is 102 Å². The largest absolute Gasteiger partial charge is 0.315 e. The summed E-state index contributed by atoms with van der Waals surface area (Å²) in [6, 6.07) is 0. The van der Waals surface area contributed by atoms with Crippen molar-refractivity contribution in [2.45, 2.75) is 40.5 Å². The molecule has 2 nitrogen and oxygen atoms in total. The second kappa shape index (κ2) is 7.29. The van der Waals surface area contributed by atoms with Crippen molar-refractivity contribution in [3.05, 3.63) is 0 Å². The van der Waals surface area contributed by atoms with Crippen molar-refractivity contribution in [3.8, 4) is 0 Å². The topological polar surface area (TPSA) is 15.3 Å². The van der Waals surface area contributed by atoms with Crippen molar-refractivity contribution in [1.29, 1.82) is 0 Å². The fourth-order valence-electron chi connectivity index (χ4n) is 2.75. The van der Waals surface area contributed by atoms with Gasteiger partial charge in [-0.15, -0.1) is 0 Å². The first kappa shape index (κ1) is 14.0. The number of likely N-dealkylation sites (tertiary alicyclic amines) is 1. The number of hydrogen-bond donors (Lipinski definition) is 1. The summed E-state index contributed by atoms with van der Waals surface area (Å²) in [5.41, 5.74) is 0. The Bertz CT molecular complexity index is 164. The lowest BCUT2D eigenvalue weighted by atomic mass is 9.85. The Morgan fingerprint density at radius 3 is 2.06 bits per heavy atom. The average molecular weight is 226 g/mol. The Kier molecular flexibility index (Phi) is 6.37. The highest BCUT2D eigenvalue weighted by Gasteiger charge is 2.17. The molecule has 2 heteroatoms. The average Bonchev–Trinajstić information content (AvgIpc) is 2.68. The van der Waals surface area contributed by atoms with Gasteiger partial charge >= 0.3 is 0 Å². The molecule has 0 amide bonds. The third-order valence-electron chi connectivity index (χ3n) is 3.90.